The number of hydrogen-bond donors (Lipinski definition) is 0. The monoisotopic (exact) mass is 368 g/mol. The van der Waals surface area contributed by atoms with Crippen molar-refractivity contribution < 1.29 is 23.0 Å². The first-order valence-electron chi connectivity index (χ1n) is 9.24. The number of piperidine rings is 1. The van der Waals surface area contributed by atoms with Crippen LogP contribution in [0.2, 0.25) is 0 Å². The number of ether oxygens (including phenoxy) is 2. The summed E-state index contributed by atoms with van der Waals surface area (Å²) in [6.45, 7) is 4.65. The van der Waals surface area contributed by atoms with E-state index in [4.69, 9.17) is 9.47 Å². The maximum atomic E-state index is 14.3. The standard InChI is InChI=1S/C19H26F2N2O3/c1-25-15-12-16(20)18(17(21)13-15)19(24)23-6-3-2-4-14(23)5-7-22-8-10-26-11-9-22/h12-14H,2-11H2,1H3/t14-/m0/s1. The second-order valence-electron chi connectivity index (χ2n) is 6.86. The third-order valence-corrected chi connectivity index (χ3v) is 5.24. The molecule has 0 radical (unpaired) electrons. The number of morpholine rings is 1. The van der Waals surface area contributed by atoms with Gasteiger partial charge in [-0.3, -0.25) is 9.69 Å². The number of benzene rings is 1. The Bertz CT molecular complexity index is 612. The minimum Gasteiger partial charge on any atom is -0.497 e. The summed E-state index contributed by atoms with van der Waals surface area (Å²) >= 11 is 0. The van der Waals surface area contributed by atoms with E-state index in [-0.39, 0.29) is 11.8 Å². The molecule has 2 saturated heterocycles. The van der Waals surface area contributed by atoms with E-state index >= 15 is 0 Å². The van der Waals surface area contributed by atoms with Crippen LogP contribution in [-0.4, -0.2) is 68.3 Å². The van der Waals surface area contributed by atoms with Crippen LogP contribution in [0.15, 0.2) is 12.1 Å². The van der Waals surface area contributed by atoms with Crippen LogP contribution in [0.1, 0.15) is 36.0 Å². The molecule has 1 aromatic rings. The molecule has 5 nitrogen and oxygen atoms in total. The van der Waals surface area contributed by atoms with Gasteiger partial charge in [0.05, 0.1) is 20.3 Å². The predicted molar refractivity (Wildman–Crippen MR) is 93.5 cm³/mol. The lowest BCUT2D eigenvalue weighted by atomic mass is 9.97. The van der Waals surface area contributed by atoms with E-state index in [1.54, 1.807) is 4.90 Å². The van der Waals surface area contributed by atoms with Gasteiger partial charge in [-0.1, -0.05) is 0 Å². The fraction of sp³-hybridized carbons (Fsp3) is 0.632. The molecule has 2 aliphatic rings. The number of rotatable bonds is 5. The van der Waals surface area contributed by atoms with Crippen LogP contribution in [0.3, 0.4) is 0 Å². The molecule has 26 heavy (non-hydrogen) atoms. The summed E-state index contributed by atoms with van der Waals surface area (Å²) in [6, 6.07) is 2.13. The van der Waals surface area contributed by atoms with E-state index < -0.39 is 23.1 Å². The van der Waals surface area contributed by atoms with E-state index in [0.717, 1.165) is 70.7 Å². The SMILES string of the molecule is COc1cc(F)c(C(=O)N2CCCC[C@H]2CCN2CCOCC2)c(F)c1. The smallest absolute Gasteiger partial charge is 0.260 e. The minimum absolute atomic E-state index is 0.0139. The highest BCUT2D eigenvalue weighted by Crippen LogP contribution is 2.26. The molecule has 0 bridgehead atoms. The van der Waals surface area contributed by atoms with Gasteiger partial charge >= 0.3 is 0 Å². The molecule has 3 rings (SSSR count). The highest BCUT2D eigenvalue weighted by atomic mass is 19.1. The normalized spacial score (nSPS) is 21.7. The molecule has 1 atom stereocenters. The lowest BCUT2D eigenvalue weighted by Crippen LogP contribution is -2.46. The van der Waals surface area contributed by atoms with Crippen LogP contribution in [0, 0.1) is 11.6 Å². The molecule has 144 valence electrons. The quantitative estimate of drug-likeness (QED) is 0.801. The maximum Gasteiger partial charge on any atom is 0.260 e. The topological polar surface area (TPSA) is 42.0 Å². The molecular weight excluding hydrogens is 342 g/mol. The van der Waals surface area contributed by atoms with Gasteiger partial charge in [-0.2, -0.15) is 0 Å². The highest BCUT2D eigenvalue weighted by molar-refractivity contribution is 5.95. The van der Waals surface area contributed by atoms with Gasteiger partial charge in [0.25, 0.3) is 5.91 Å². The molecule has 1 amide bonds. The van der Waals surface area contributed by atoms with Crippen molar-refractivity contribution in [2.45, 2.75) is 31.7 Å². The van der Waals surface area contributed by atoms with E-state index in [2.05, 4.69) is 4.90 Å². The number of hydrogen-bond acceptors (Lipinski definition) is 4. The molecule has 0 aliphatic carbocycles. The van der Waals surface area contributed by atoms with Gasteiger partial charge < -0.3 is 14.4 Å². The van der Waals surface area contributed by atoms with Gasteiger partial charge in [0.15, 0.2) is 0 Å². The van der Waals surface area contributed by atoms with Crippen LogP contribution in [0.4, 0.5) is 8.78 Å². The highest BCUT2D eigenvalue weighted by Gasteiger charge is 2.31. The van der Waals surface area contributed by atoms with Crippen molar-refractivity contribution in [3.05, 3.63) is 29.3 Å². The van der Waals surface area contributed by atoms with Crippen LogP contribution < -0.4 is 4.74 Å². The molecule has 0 N–H and O–H groups in total. The Morgan fingerprint density at radius 3 is 2.54 bits per heavy atom. The lowest BCUT2D eigenvalue weighted by molar-refractivity contribution is 0.0294. The summed E-state index contributed by atoms with van der Waals surface area (Å²) in [5.41, 5.74) is -0.482. The Morgan fingerprint density at radius 1 is 1.19 bits per heavy atom. The van der Waals surface area contributed by atoms with E-state index in [9.17, 15) is 13.6 Å². The number of nitrogens with zero attached hydrogens (tertiary/aromatic N) is 2. The molecule has 7 heteroatoms. The Kier molecular flexibility index (Phi) is 6.43. The Hall–Kier alpha value is -1.73. The molecule has 0 spiro atoms. The van der Waals surface area contributed by atoms with Gasteiger partial charge in [-0.15, -0.1) is 0 Å². The Labute approximate surface area is 152 Å². The number of likely N-dealkylation sites (tertiary alicyclic amines) is 1. The first-order chi connectivity index (χ1) is 12.6. The fourth-order valence-corrected chi connectivity index (χ4v) is 3.74. The largest absolute Gasteiger partial charge is 0.497 e. The van der Waals surface area contributed by atoms with E-state index in [0.29, 0.717) is 6.54 Å². The molecule has 2 aliphatic heterocycles. The summed E-state index contributed by atoms with van der Waals surface area (Å²) in [7, 11) is 1.34. The van der Waals surface area contributed by atoms with Crippen molar-refractivity contribution in [2.75, 3.05) is 46.5 Å². The first-order valence-corrected chi connectivity index (χ1v) is 9.24. The average molecular weight is 368 g/mol. The van der Waals surface area contributed by atoms with Gasteiger partial charge in [0, 0.05) is 44.4 Å². The van der Waals surface area contributed by atoms with E-state index in [1.807, 2.05) is 0 Å². The predicted octanol–water partition coefficient (Wildman–Crippen LogP) is 2.69. The van der Waals surface area contributed by atoms with E-state index in [1.165, 1.54) is 7.11 Å². The molecule has 0 saturated carbocycles. The van der Waals surface area contributed by atoms with Crippen LogP contribution >= 0.6 is 0 Å². The molecule has 0 unspecified atom stereocenters. The van der Waals surface area contributed by atoms with Crippen LogP contribution in [0.5, 0.6) is 5.75 Å². The van der Waals surface area contributed by atoms with Gasteiger partial charge in [-0.05, 0) is 25.7 Å². The van der Waals surface area contributed by atoms with Gasteiger partial charge in [0.1, 0.15) is 22.9 Å². The molecule has 2 fully saturated rings. The molecule has 2 heterocycles. The number of halogens is 2. The number of carbonyl (C=O) groups is 1. The van der Waals surface area contributed by atoms with Crippen LogP contribution in [0.25, 0.3) is 0 Å². The number of amides is 1. The van der Waals surface area contributed by atoms with Crippen LogP contribution in [-0.2, 0) is 4.74 Å². The first kappa shape index (κ1) is 19.0. The fourth-order valence-electron chi connectivity index (χ4n) is 3.74. The van der Waals surface area contributed by atoms with Gasteiger partial charge in [0.2, 0.25) is 0 Å². The number of carbonyl (C=O) groups excluding carboxylic acids is 1. The molecule has 0 aromatic heterocycles. The minimum atomic E-state index is -0.871. The summed E-state index contributed by atoms with van der Waals surface area (Å²) < 4.78 is 38.9. The molecular formula is C19H26F2N2O3. The summed E-state index contributed by atoms with van der Waals surface area (Å²) in [6.07, 6.45) is 3.57. The average Bonchev–Trinajstić information content (AvgIpc) is 2.66. The Balaban J connectivity index is 1.71. The molecule has 1 aromatic carbocycles. The number of methoxy groups -OCH3 is 1. The second-order valence-corrected chi connectivity index (χ2v) is 6.86. The van der Waals surface area contributed by atoms with Crippen molar-refractivity contribution in [1.82, 2.24) is 9.80 Å². The second kappa shape index (κ2) is 8.77. The van der Waals surface area contributed by atoms with Crippen molar-refractivity contribution in [3.8, 4) is 5.75 Å². The van der Waals surface area contributed by atoms with Crippen molar-refractivity contribution in [3.63, 3.8) is 0 Å². The van der Waals surface area contributed by atoms with Crippen molar-refractivity contribution in [1.29, 1.82) is 0 Å². The third-order valence-electron chi connectivity index (χ3n) is 5.24. The Morgan fingerprint density at radius 2 is 1.88 bits per heavy atom. The zero-order valence-corrected chi connectivity index (χ0v) is 15.2. The zero-order chi connectivity index (χ0) is 18.5. The van der Waals surface area contributed by atoms with Gasteiger partial charge in [-0.25, -0.2) is 8.78 Å². The zero-order valence-electron chi connectivity index (χ0n) is 15.2. The third kappa shape index (κ3) is 4.32. The lowest BCUT2D eigenvalue weighted by Gasteiger charge is -2.37. The summed E-state index contributed by atoms with van der Waals surface area (Å²) in [5.74, 6) is -2.23. The summed E-state index contributed by atoms with van der Waals surface area (Å²) in [4.78, 5) is 16.8. The summed E-state index contributed by atoms with van der Waals surface area (Å²) in [5, 5.41) is 0. The maximum absolute atomic E-state index is 14.3. The van der Waals surface area contributed by atoms with Crippen molar-refractivity contribution >= 4 is 5.91 Å². The van der Waals surface area contributed by atoms with Crippen molar-refractivity contribution in [2.24, 2.45) is 0 Å².